The van der Waals surface area contributed by atoms with E-state index in [1.807, 2.05) is 43.5 Å². The first-order valence-corrected chi connectivity index (χ1v) is 9.40. The molecule has 1 aliphatic rings. The van der Waals surface area contributed by atoms with E-state index in [1.165, 1.54) is 16.7 Å². The molecule has 0 saturated carbocycles. The fourth-order valence-corrected chi connectivity index (χ4v) is 3.45. The van der Waals surface area contributed by atoms with Crippen LogP contribution in [0, 0.1) is 0 Å². The van der Waals surface area contributed by atoms with E-state index in [-0.39, 0.29) is 5.91 Å². The van der Waals surface area contributed by atoms with E-state index in [2.05, 4.69) is 39.5 Å². The summed E-state index contributed by atoms with van der Waals surface area (Å²) in [5.41, 5.74) is 6.89. The monoisotopic (exact) mass is 357 g/mol. The summed E-state index contributed by atoms with van der Waals surface area (Å²) in [5, 5.41) is 2.92. The second-order valence-corrected chi connectivity index (χ2v) is 6.88. The van der Waals surface area contributed by atoms with E-state index in [9.17, 15) is 4.79 Å². The smallest absolute Gasteiger partial charge is 0.251 e. The number of nitrogens with one attached hydrogen (secondary N) is 1. The molecule has 0 radical (unpaired) electrons. The molecule has 2 heterocycles. The first-order valence-electron chi connectivity index (χ1n) is 9.40. The molecule has 0 unspecified atom stereocenters. The lowest BCUT2D eigenvalue weighted by Gasteiger charge is -2.18. The topological polar surface area (TPSA) is 45.2 Å². The van der Waals surface area contributed by atoms with E-state index in [4.69, 9.17) is 0 Å². The fraction of sp³-hybridized carbons (Fsp3) is 0.217. The molecule has 136 valence electrons. The van der Waals surface area contributed by atoms with Gasteiger partial charge in [-0.3, -0.25) is 9.78 Å². The number of pyridine rings is 1. The highest BCUT2D eigenvalue weighted by Crippen LogP contribution is 2.31. The molecule has 2 aromatic carbocycles. The molecule has 0 saturated heterocycles. The number of hydrogen-bond acceptors (Lipinski definition) is 3. The highest BCUT2D eigenvalue weighted by molar-refractivity contribution is 5.94. The molecule has 0 spiro atoms. The van der Waals surface area contributed by atoms with Gasteiger partial charge in [-0.1, -0.05) is 25.1 Å². The summed E-state index contributed by atoms with van der Waals surface area (Å²) >= 11 is 0. The first kappa shape index (κ1) is 17.3. The zero-order chi connectivity index (χ0) is 18.6. The average Bonchev–Trinajstić information content (AvgIpc) is 3.16. The Bertz CT molecular complexity index is 936. The Kier molecular flexibility index (Phi) is 4.88. The highest BCUT2D eigenvalue weighted by Gasteiger charge is 2.20. The Morgan fingerprint density at radius 2 is 1.85 bits per heavy atom. The number of amides is 1. The van der Waals surface area contributed by atoms with E-state index >= 15 is 0 Å². The number of carbonyl (C=O) groups excluding carboxylic acids is 1. The van der Waals surface area contributed by atoms with Gasteiger partial charge in [0.2, 0.25) is 0 Å². The van der Waals surface area contributed by atoms with Gasteiger partial charge in [0.25, 0.3) is 5.91 Å². The quantitative estimate of drug-likeness (QED) is 0.736. The van der Waals surface area contributed by atoms with Gasteiger partial charge >= 0.3 is 0 Å². The third-order valence-corrected chi connectivity index (χ3v) is 4.95. The van der Waals surface area contributed by atoms with Crippen molar-refractivity contribution < 1.29 is 4.79 Å². The van der Waals surface area contributed by atoms with Gasteiger partial charge in [-0.2, -0.15) is 0 Å². The van der Waals surface area contributed by atoms with Crippen molar-refractivity contribution in [1.82, 2.24) is 10.3 Å². The van der Waals surface area contributed by atoms with Crippen molar-refractivity contribution >= 4 is 11.6 Å². The number of rotatable bonds is 5. The van der Waals surface area contributed by atoms with Crippen molar-refractivity contribution in [3.8, 4) is 11.1 Å². The first-order chi connectivity index (χ1) is 13.2. The summed E-state index contributed by atoms with van der Waals surface area (Å²) in [6.45, 7) is 4.53. The van der Waals surface area contributed by atoms with Crippen molar-refractivity contribution in [2.45, 2.75) is 26.4 Å². The number of nitrogens with zero attached hydrogens (tertiary/aromatic N) is 2. The zero-order valence-electron chi connectivity index (χ0n) is 15.5. The Labute approximate surface area is 159 Å². The normalized spacial score (nSPS) is 12.7. The molecule has 27 heavy (non-hydrogen) atoms. The summed E-state index contributed by atoms with van der Waals surface area (Å²) in [6.07, 6.45) is 4.64. The van der Waals surface area contributed by atoms with Crippen LogP contribution in [0.3, 0.4) is 0 Å². The predicted octanol–water partition coefficient (Wildman–Crippen LogP) is 4.41. The van der Waals surface area contributed by atoms with Gasteiger partial charge in [0, 0.05) is 43.3 Å². The molecule has 0 aliphatic carbocycles. The summed E-state index contributed by atoms with van der Waals surface area (Å²) in [6, 6.07) is 18.6. The molecule has 1 aromatic heterocycles. The van der Waals surface area contributed by atoms with Crippen LogP contribution in [-0.2, 0) is 13.1 Å². The summed E-state index contributed by atoms with van der Waals surface area (Å²) in [7, 11) is 0. The Morgan fingerprint density at radius 1 is 1.04 bits per heavy atom. The second-order valence-electron chi connectivity index (χ2n) is 6.88. The van der Waals surface area contributed by atoms with E-state index in [0.717, 1.165) is 30.8 Å². The van der Waals surface area contributed by atoms with Crippen molar-refractivity contribution in [1.29, 1.82) is 0 Å². The number of anilines is 1. The molecule has 4 rings (SSSR count). The average molecular weight is 357 g/mol. The van der Waals surface area contributed by atoms with E-state index < -0.39 is 0 Å². The lowest BCUT2D eigenvalue weighted by Crippen LogP contribution is -2.24. The summed E-state index contributed by atoms with van der Waals surface area (Å²) < 4.78 is 0. The molecular weight excluding hydrogens is 334 g/mol. The molecule has 0 atom stereocenters. The molecule has 3 aromatic rings. The van der Waals surface area contributed by atoms with Gasteiger partial charge in [-0.05, 0) is 65.1 Å². The Balaban J connectivity index is 1.49. The number of hydrogen-bond donors (Lipinski definition) is 1. The van der Waals surface area contributed by atoms with Crippen molar-refractivity contribution in [3.05, 3.63) is 83.7 Å². The summed E-state index contributed by atoms with van der Waals surface area (Å²) in [5.74, 6) is -0.00535. The lowest BCUT2D eigenvalue weighted by atomic mass is 10.0. The molecule has 0 fully saturated rings. The van der Waals surface area contributed by atoms with Crippen molar-refractivity contribution in [2.75, 3.05) is 11.4 Å². The van der Waals surface area contributed by atoms with Gasteiger partial charge in [0.15, 0.2) is 0 Å². The van der Waals surface area contributed by atoms with Crippen LogP contribution in [0.4, 0.5) is 5.69 Å². The van der Waals surface area contributed by atoms with Gasteiger partial charge < -0.3 is 10.2 Å². The van der Waals surface area contributed by atoms with Gasteiger partial charge in [0.05, 0.1) is 0 Å². The number of benzene rings is 2. The number of carbonyl (C=O) groups is 1. The third kappa shape index (κ3) is 3.70. The molecule has 0 bridgehead atoms. The van der Waals surface area contributed by atoms with Gasteiger partial charge in [0.1, 0.15) is 0 Å². The summed E-state index contributed by atoms with van der Waals surface area (Å²) in [4.78, 5) is 18.6. The number of fused-ring (bicyclic) bond motifs is 1. The van der Waals surface area contributed by atoms with Crippen LogP contribution < -0.4 is 10.2 Å². The van der Waals surface area contributed by atoms with Crippen LogP contribution in [0.15, 0.2) is 67.0 Å². The second kappa shape index (κ2) is 7.62. The van der Waals surface area contributed by atoms with Crippen LogP contribution in [0.5, 0.6) is 0 Å². The van der Waals surface area contributed by atoms with E-state index in [1.54, 1.807) is 6.20 Å². The molecule has 1 aliphatic heterocycles. The van der Waals surface area contributed by atoms with Gasteiger partial charge in [-0.25, -0.2) is 0 Å². The lowest BCUT2D eigenvalue weighted by molar-refractivity contribution is 0.0953. The molecular formula is C23H23N3O. The maximum atomic E-state index is 12.1. The Morgan fingerprint density at radius 3 is 2.59 bits per heavy atom. The fourth-order valence-electron chi connectivity index (χ4n) is 3.45. The van der Waals surface area contributed by atoms with Crippen molar-refractivity contribution in [2.24, 2.45) is 0 Å². The molecule has 1 N–H and O–H groups in total. The Hall–Kier alpha value is -3.14. The maximum Gasteiger partial charge on any atom is 0.251 e. The molecule has 4 nitrogen and oxygen atoms in total. The van der Waals surface area contributed by atoms with E-state index in [0.29, 0.717) is 12.1 Å². The van der Waals surface area contributed by atoms with Crippen LogP contribution in [-0.4, -0.2) is 17.4 Å². The maximum absolute atomic E-state index is 12.1. The minimum Gasteiger partial charge on any atom is -0.363 e. The molecule has 1 amide bonds. The van der Waals surface area contributed by atoms with Crippen LogP contribution in [0.1, 0.15) is 34.8 Å². The highest BCUT2D eigenvalue weighted by atomic mass is 16.1. The standard InChI is InChI=1S/C23H23N3O/c1-2-11-25-23(27)17-7-9-22(10-8-17)26-15-20-6-5-18(13-21(20)16-26)19-4-3-12-24-14-19/h3-10,12-14H,2,11,15-16H2,1H3,(H,25,27). The zero-order valence-corrected chi connectivity index (χ0v) is 15.5. The van der Waals surface area contributed by atoms with Crippen LogP contribution >= 0.6 is 0 Å². The minimum atomic E-state index is -0.00535. The SMILES string of the molecule is CCCNC(=O)c1ccc(N2Cc3ccc(-c4cccnc4)cc3C2)cc1. The van der Waals surface area contributed by atoms with Crippen LogP contribution in [0.2, 0.25) is 0 Å². The number of aromatic nitrogens is 1. The van der Waals surface area contributed by atoms with Gasteiger partial charge in [-0.15, -0.1) is 0 Å². The third-order valence-electron chi connectivity index (χ3n) is 4.95. The predicted molar refractivity (Wildman–Crippen MR) is 109 cm³/mol. The van der Waals surface area contributed by atoms with Crippen LogP contribution in [0.25, 0.3) is 11.1 Å². The largest absolute Gasteiger partial charge is 0.363 e. The minimum absolute atomic E-state index is 0.00535. The van der Waals surface area contributed by atoms with Crippen molar-refractivity contribution in [3.63, 3.8) is 0 Å². The molecule has 4 heteroatoms.